The molecule has 194 valence electrons. The first-order valence-electron chi connectivity index (χ1n) is 11.3. The number of carbonyl (C=O) groups is 2. The van der Waals surface area contributed by atoms with Gasteiger partial charge in [-0.2, -0.15) is 13.2 Å². The average molecular weight is 515 g/mol. The molecule has 1 aliphatic carbocycles. The van der Waals surface area contributed by atoms with Crippen LogP contribution in [-0.2, 0) is 17.5 Å². The van der Waals surface area contributed by atoms with Crippen molar-refractivity contribution < 1.29 is 37.0 Å². The minimum atomic E-state index is -4.64. The predicted molar refractivity (Wildman–Crippen MR) is 127 cm³/mol. The monoisotopic (exact) mass is 515 g/mol. The Balaban J connectivity index is 1.35. The number of ether oxygens (including phenoxy) is 3. The number of alkyl halides is 3. The van der Waals surface area contributed by atoms with Crippen molar-refractivity contribution in [2.45, 2.75) is 31.1 Å². The Hall–Kier alpha value is -4.28. The molecule has 8 nitrogen and oxygen atoms in total. The van der Waals surface area contributed by atoms with E-state index in [0.717, 1.165) is 6.07 Å². The fraction of sp³-hybridized carbons (Fsp3) is 0.269. The third-order valence-corrected chi connectivity index (χ3v) is 5.82. The lowest BCUT2D eigenvalue weighted by Crippen LogP contribution is -2.48. The van der Waals surface area contributed by atoms with Crippen molar-refractivity contribution in [1.29, 1.82) is 0 Å². The van der Waals surface area contributed by atoms with Crippen molar-refractivity contribution in [3.05, 3.63) is 77.6 Å². The Kier molecular flexibility index (Phi) is 7.23. The molecule has 2 amide bonds. The molecule has 0 radical (unpaired) electrons. The molecule has 4 rings (SSSR count). The van der Waals surface area contributed by atoms with E-state index in [9.17, 15) is 22.8 Å². The normalized spacial score (nSPS) is 13.9. The third-order valence-electron chi connectivity index (χ3n) is 5.82. The number of rotatable bonds is 9. The van der Waals surface area contributed by atoms with E-state index in [2.05, 4.69) is 15.6 Å². The summed E-state index contributed by atoms with van der Waals surface area (Å²) in [5, 5.41) is 5.53. The van der Waals surface area contributed by atoms with Gasteiger partial charge in [0.2, 0.25) is 5.91 Å². The van der Waals surface area contributed by atoms with Gasteiger partial charge in [-0.3, -0.25) is 14.6 Å². The van der Waals surface area contributed by atoms with E-state index in [1.54, 1.807) is 24.3 Å². The van der Waals surface area contributed by atoms with Gasteiger partial charge in [0.05, 0.1) is 32.7 Å². The van der Waals surface area contributed by atoms with Crippen LogP contribution < -0.4 is 24.8 Å². The first-order valence-corrected chi connectivity index (χ1v) is 11.3. The summed E-state index contributed by atoms with van der Waals surface area (Å²) in [6, 6.07) is 13.0. The molecule has 3 aromatic rings. The molecule has 1 saturated carbocycles. The van der Waals surface area contributed by atoms with E-state index in [1.165, 1.54) is 44.7 Å². The highest BCUT2D eigenvalue weighted by molar-refractivity contribution is 6.00. The number of carbonyl (C=O) groups excluding carboxylic acids is 2. The highest BCUT2D eigenvalue weighted by atomic mass is 19.4. The molecule has 11 heteroatoms. The van der Waals surface area contributed by atoms with Gasteiger partial charge in [0.15, 0.2) is 0 Å². The highest BCUT2D eigenvalue weighted by Crippen LogP contribution is 2.40. The molecule has 1 aromatic heterocycles. The molecule has 0 atom stereocenters. The highest BCUT2D eigenvalue weighted by Gasteiger charge is 2.51. The number of benzene rings is 2. The molecule has 0 spiro atoms. The van der Waals surface area contributed by atoms with Crippen LogP contribution in [-0.4, -0.2) is 36.6 Å². The van der Waals surface area contributed by atoms with Crippen LogP contribution in [0.2, 0.25) is 0 Å². The third kappa shape index (κ3) is 6.11. The van der Waals surface area contributed by atoms with Crippen LogP contribution in [0, 0.1) is 0 Å². The van der Waals surface area contributed by atoms with Crippen molar-refractivity contribution in [2.24, 2.45) is 0 Å². The zero-order valence-corrected chi connectivity index (χ0v) is 20.0. The summed E-state index contributed by atoms with van der Waals surface area (Å²) >= 11 is 0. The summed E-state index contributed by atoms with van der Waals surface area (Å²) in [7, 11) is 2.77. The minimum Gasteiger partial charge on any atom is -0.497 e. The maximum absolute atomic E-state index is 13.4. The van der Waals surface area contributed by atoms with E-state index < -0.39 is 23.0 Å². The quantitative estimate of drug-likeness (QED) is 0.436. The molecular weight excluding hydrogens is 491 g/mol. The van der Waals surface area contributed by atoms with Crippen LogP contribution in [0.3, 0.4) is 0 Å². The lowest BCUT2D eigenvalue weighted by atomic mass is 10.1. The fourth-order valence-electron chi connectivity index (χ4n) is 3.58. The Morgan fingerprint density at radius 3 is 2.30 bits per heavy atom. The average Bonchev–Trinajstić information content (AvgIpc) is 3.68. The number of methoxy groups -OCH3 is 2. The number of nitrogens with one attached hydrogen (secondary N) is 2. The molecule has 0 bridgehead atoms. The molecule has 0 aliphatic heterocycles. The Morgan fingerprint density at radius 1 is 0.973 bits per heavy atom. The summed E-state index contributed by atoms with van der Waals surface area (Å²) in [6.45, 7) is 0.0617. The van der Waals surface area contributed by atoms with Crippen molar-refractivity contribution in [1.82, 2.24) is 15.6 Å². The Morgan fingerprint density at radius 2 is 1.68 bits per heavy atom. The summed E-state index contributed by atoms with van der Waals surface area (Å²) in [6.07, 6.45) is -2.37. The fourth-order valence-corrected chi connectivity index (χ4v) is 3.58. The van der Waals surface area contributed by atoms with Gasteiger partial charge in [0.1, 0.15) is 34.1 Å². The van der Waals surface area contributed by atoms with E-state index in [1.807, 2.05) is 0 Å². The Labute approximate surface area is 210 Å². The van der Waals surface area contributed by atoms with Crippen LogP contribution in [0.5, 0.6) is 23.0 Å². The number of amides is 2. The summed E-state index contributed by atoms with van der Waals surface area (Å²) in [5.41, 5.74) is -1.14. The molecule has 0 saturated heterocycles. The van der Waals surface area contributed by atoms with Gasteiger partial charge in [-0.05, 0) is 61.4 Å². The van der Waals surface area contributed by atoms with Gasteiger partial charge in [0.25, 0.3) is 5.91 Å². The lowest BCUT2D eigenvalue weighted by Gasteiger charge is -2.17. The van der Waals surface area contributed by atoms with Crippen molar-refractivity contribution >= 4 is 11.8 Å². The number of hydrogen-bond donors (Lipinski definition) is 2. The molecule has 2 aromatic carbocycles. The van der Waals surface area contributed by atoms with Gasteiger partial charge < -0.3 is 24.8 Å². The van der Waals surface area contributed by atoms with E-state index >= 15 is 0 Å². The predicted octanol–water partition coefficient (Wildman–Crippen LogP) is 4.49. The second-order valence-corrected chi connectivity index (χ2v) is 8.40. The lowest BCUT2D eigenvalue weighted by molar-refractivity contribution is -0.138. The summed E-state index contributed by atoms with van der Waals surface area (Å²) < 4.78 is 55.6. The molecule has 1 heterocycles. The molecule has 1 fully saturated rings. The second-order valence-electron chi connectivity index (χ2n) is 8.40. The number of halogens is 3. The second kappa shape index (κ2) is 10.4. The molecule has 1 aliphatic rings. The number of hydrogen-bond acceptors (Lipinski definition) is 6. The first kappa shape index (κ1) is 25.8. The van der Waals surface area contributed by atoms with Gasteiger partial charge in [-0.15, -0.1) is 0 Å². The summed E-state index contributed by atoms with van der Waals surface area (Å²) in [4.78, 5) is 29.5. The number of nitrogens with zero attached hydrogens (tertiary/aromatic N) is 1. The van der Waals surface area contributed by atoms with Crippen molar-refractivity contribution in [2.75, 3.05) is 14.2 Å². The number of aromatic nitrogens is 1. The smallest absolute Gasteiger partial charge is 0.420 e. The van der Waals surface area contributed by atoms with Gasteiger partial charge in [-0.1, -0.05) is 6.07 Å². The van der Waals surface area contributed by atoms with Gasteiger partial charge in [-0.25, -0.2) is 0 Å². The van der Waals surface area contributed by atoms with E-state index in [4.69, 9.17) is 14.2 Å². The van der Waals surface area contributed by atoms with Crippen LogP contribution in [0.4, 0.5) is 13.2 Å². The molecule has 0 unspecified atom stereocenters. The molecule has 2 N–H and O–H groups in total. The van der Waals surface area contributed by atoms with Crippen LogP contribution in [0.25, 0.3) is 0 Å². The van der Waals surface area contributed by atoms with Crippen molar-refractivity contribution in [3.63, 3.8) is 0 Å². The standard InChI is InChI=1S/C26H24F3N3O5/c1-35-18-5-3-4-16(12-18)23(33)32-25(10-11-25)24(34)31-14-17-6-7-20(15-30-17)37-22-9-8-19(36-2)13-21(22)26(27,28)29/h3-9,12-13,15H,10-11,14H2,1-2H3,(H,31,34)(H,32,33). The van der Waals surface area contributed by atoms with Crippen LogP contribution >= 0.6 is 0 Å². The molecule has 37 heavy (non-hydrogen) atoms. The topological polar surface area (TPSA) is 98.8 Å². The number of pyridine rings is 1. The minimum absolute atomic E-state index is 0.0528. The van der Waals surface area contributed by atoms with Gasteiger partial charge in [0, 0.05) is 5.56 Å². The molecular formula is C26H24F3N3O5. The zero-order valence-electron chi connectivity index (χ0n) is 20.0. The largest absolute Gasteiger partial charge is 0.497 e. The van der Waals surface area contributed by atoms with Gasteiger partial charge >= 0.3 is 6.18 Å². The SMILES string of the molecule is COc1cccc(C(=O)NC2(C(=O)NCc3ccc(Oc4ccc(OC)cc4C(F)(F)F)cn3)CC2)c1. The first-order chi connectivity index (χ1) is 17.6. The van der Waals surface area contributed by atoms with E-state index in [0.29, 0.717) is 29.8 Å². The zero-order chi connectivity index (χ0) is 26.6. The van der Waals surface area contributed by atoms with E-state index in [-0.39, 0.29) is 29.9 Å². The van der Waals surface area contributed by atoms with Crippen molar-refractivity contribution in [3.8, 4) is 23.0 Å². The maximum atomic E-state index is 13.4. The maximum Gasteiger partial charge on any atom is 0.420 e. The Bertz CT molecular complexity index is 1290. The van der Waals surface area contributed by atoms with Crippen LogP contribution in [0.1, 0.15) is 34.5 Å². The van der Waals surface area contributed by atoms with Crippen LogP contribution in [0.15, 0.2) is 60.8 Å². The summed E-state index contributed by atoms with van der Waals surface area (Å²) in [5.74, 6) is -0.450.